The van der Waals surface area contributed by atoms with E-state index in [1.807, 2.05) is 0 Å². The molecule has 2 aromatic carbocycles. The molecule has 0 aromatic heterocycles. The van der Waals surface area contributed by atoms with Crippen LogP contribution in [0.4, 0.5) is 0 Å². The standard InChI is InChI=1S/C32H50O7/c1-5-9-13-17-35-27-21-25(22-28(31(27)33)36-18-14-10-6-2)39-26-23-29(37-19-15-11-7-3)32(34)30(24-26)38-20-16-12-8-4/h21-24,33-34H,5-20H2,1-4H3. The van der Waals surface area contributed by atoms with Gasteiger partial charge < -0.3 is 33.9 Å². The molecule has 2 rings (SSSR count). The molecular weight excluding hydrogens is 496 g/mol. The fraction of sp³-hybridized carbons (Fsp3) is 0.625. The molecule has 0 saturated carbocycles. The molecule has 0 amide bonds. The molecule has 0 saturated heterocycles. The van der Waals surface area contributed by atoms with Gasteiger partial charge in [-0.15, -0.1) is 0 Å². The second kappa shape index (κ2) is 19.2. The Morgan fingerprint density at radius 1 is 0.436 bits per heavy atom. The van der Waals surface area contributed by atoms with Crippen LogP contribution >= 0.6 is 0 Å². The highest BCUT2D eigenvalue weighted by atomic mass is 16.5. The second-order valence-electron chi connectivity index (χ2n) is 9.86. The van der Waals surface area contributed by atoms with Crippen molar-refractivity contribution in [3.05, 3.63) is 24.3 Å². The number of unbranched alkanes of at least 4 members (excludes halogenated alkanes) is 8. The van der Waals surface area contributed by atoms with Crippen molar-refractivity contribution < 1.29 is 33.9 Å². The van der Waals surface area contributed by atoms with E-state index in [1.54, 1.807) is 24.3 Å². The van der Waals surface area contributed by atoms with Crippen molar-refractivity contribution in [3.63, 3.8) is 0 Å². The van der Waals surface area contributed by atoms with Crippen LogP contribution in [0.15, 0.2) is 24.3 Å². The number of phenols is 2. The van der Waals surface area contributed by atoms with Gasteiger partial charge in [-0.25, -0.2) is 0 Å². The fourth-order valence-corrected chi connectivity index (χ4v) is 3.95. The van der Waals surface area contributed by atoms with Crippen molar-refractivity contribution in [1.82, 2.24) is 0 Å². The molecule has 0 spiro atoms. The largest absolute Gasteiger partial charge is 0.502 e. The summed E-state index contributed by atoms with van der Waals surface area (Å²) in [4.78, 5) is 0. The van der Waals surface area contributed by atoms with E-state index in [2.05, 4.69) is 27.7 Å². The van der Waals surface area contributed by atoms with Crippen molar-refractivity contribution in [2.24, 2.45) is 0 Å². The summed E-state index contributed by atoms with van der Waals surface area (Å²) in [6.45, 7) is 10.5. The van der Waals surface area contributed by atoms with E-state index in [-0.39, 0.29) is 11.5 Å². The summed E-state index contributed by atoms with van der Waals surface area (Å²) in [6.07, 6.45) is 12.1. The SMILES string of the molecule is CCCCCOc1cc(Oc2cc(OCCCCC)c(O)c(OCCCCC)c2)cc(OCCCCC)c1O. The number of hydrogen-bond donors (Lipinski definition) is 2. The minimum atomic E-state index is -0.0269. The van der Waals surface area contributed by atoms with Crippen LogP contribution in [-0.4, -0.2) is 36.6 Å². The number of aromatic hydroxyl groups is 2. The van der Waals surface area contributed by atoms with Crippen LogP contribution in [0.3, 0.4) is 0 Å². The predicted molar refractivity (Wildman–Crippen MR) is 156 cm³/mol. The monoisotopic (exact) mass is 546 g/mol. The summed E-state index contributed by atoms with van der Waals surface area (Å²) in [5, 5.41) is 21.6. The van der Waals surface area contributed by atoms with Crippen LogP contribution < -0.4 is 23.7 Å². The van der Waals surface area contributed by atoms with Gasteiger partial charge in [0.05, 0.1) is 26.4 Å². The molecule has 220 valence electrons. The van der Waals surface area contributed by atoms with E-state index < -0.39 is 0 Å². The van der Waals surface area contributed by atoms with Crippen LogP contribution in [0.1, 0.15) is 105 Å². The van der Waals surface area contributed by atoms with E-state index in [4.69, 9.17) is 23.7 Å². The summed E-state index contributed by atoms with van der Waals surface area (Å²) >= 11 is 0. The highest BCUT2D eigenvalue weighted by Crippen LogP contribution is 2.45. The second-order valence-corrected chi connectivity index (χ2v) is 9.86. The Morgan fingerprint density at radius 2 is 0.692 bits per heavy atom. The van der Waals surface area contributed by atoms with Gasteiger partial charge in [0.25, 0.3) is 0 Å². The van der Waals surface area contributed by atoms with Crippen LogP contribution in [0, 0.1) is 0 Å². The first-order valence-electron chi connectivity index (χ1n) is 15.0. The van der Waals surface area contributed by atoms with Crippen molar-refractivity contribution in [1.29, 1.82) is 0 Å². The van der Waals surface area contributed by atoms with Gasteiger partial charge in [-0.1, -0.05) is 79.1 Å². The van der Waals surface area contributed by atoms with Crippen molar-refractivity contribution >= 4 is 0 Å². The topological polar surface area (TPSA) is 86.6 Å². The Labute approximate surface area is 235 Å². The number of benzene rings is 2. The van der Waals surface area contributed by atoms with Crippen LogP contribution in [0.5, 0.6) is 46.0 Å². The number of phenolic OH excluding ortho intramolecular Hbond substituents is 2. The first-order chi connectivity index (χ1) is 19.0. The molecular formula is C32H50O7. The van der Waals surface area contributed by atoms with Crippen molar-refractivity contribution in [2.75, 3.05) is 26.4 Å². The van der Waals surface area contributed by atoms with Gasteiger partial charge in [-0.2, -0.15) is 0 Å². The molecule has 0 fully saturated rings. The molecule has 7 nitrogen and oxygen atoms in total. The molecule has 2 N–H and O–H groups in total. The predicted octanol–water partition coefficient (Wildman–Crippen LogP) is 9.17. The van der Waals surface area contributed by atoms with E-state index in [1.165, 1.54) is 0 Å². The lowest BCUT2D eigenvalue weighted by atomic mass is 10.2. The Bertz CT molecular complexity index is 803. The molecule has 0 bridgehead atoms. The number of ether oxygens (including phenoxy) is 5. The van der Waals surface area contributed by atoms with E-state index in [9.17, 15) is 10.2 Å². The lowest BCUT2D eigenvalue weighted by molar-refractivity contribution is 0.261. The van der Waals surface area contributed by atoms with Gasteiger partial charge in [-0.05, 0) is 25.7 Å². The summed E-state index contributed by atoms with van der Waals surface area (Å²) in [6, 6.07) is 6.65. The smallest absolute Gasteiger partial charge is 0.201 e. The zero-order chi connectivity index (χ0) is 28.3. The first kappa shape index (κ1) is 32.3. The highest BCUT2D eigenvalue weighted by molar-refractivity contribution is 5.58. The summed E-state index contributed by atoms with van der Waals surface area (Å²) in [5.74, 6) is 2.12. The van der Waals surface area contributed by atoms with Gasteiger partial charge in [0.1, 0.15) is 11.5 Å². The third-order valence-electron chi connectivity index (χ3n) is 6.28. The van der Waals surface area contributed by atoms with Gasteiger partial charge >= 0.3 is 0 Å². The third kappa shape index (κ3) is 11.8. The Kier molecular flexibility index (Phi) is 15.8. The van der Waals surface area contributed by atoms with Crippen LogP contribution in [-0.2, 0) is 0 Å². The molecule has 0 aliphatic heterocycles. The van der Waals surface area contributed by atoms with Crippen molar-refractivity contribution in [2.45, 2.75) is 105 Å². The van der Waals surface area contributed by atoms with Crippen LogP contribution in [0.25, 0.3) is 0 Å². The highest BCUT2D eigenvalue weighted by Gasteiger charge is 2.18. The molecule has 0 radical (unpaired) electrons. The Hall–Kier alpha value is -2.96. The molecule has 0 unspecified atom stereocenters. The Morgan fingerprint density at radius 3 is 0.923 bits per heavy atom. The van der Waals surface area contributed by atoms with Crippen molar-refractivity contribution in [3.8, 4) is 46.0 Å². The molecule has 0 aliphatic carbocycles. The normalized spacial score (nSPS) is 10.9. The van der Waals surface area contributed by atoms with Crippen LogP contribution in [0.2, 0.25) is 0 Å². The summed E-state index contributed by atoms with van der Waals surface area (Å²) < 4.78 is 29.8. The lowest BCUT2D eigenvalue weighted by Gasteiger charge is -2.17. The van der Waals surface area contributed by atoms with Gasteiger partial charge in [0, 0.05) is 24.3 Å². The molecule has 2 aromatic rings. The average Bonchev–Trinajstić information content (AvgIpc) is 2.93. The van der Waals surface area contributed by atoms with Gasteiger partial charge in [-0.3, -0.25) is 0 Å². The third-order valence-corrected chi connectivity index (χ3v) is 6.28. The minimum Gasteiger partial charge on any atom is -0.502 e. The molecule has 7 heteroatoms. The summed E-state index contributed by atoms with van der Waals surface area (Å²) in [5.41, 5.74) is 0. The zero-order valence-corrected chi connectivity index (χ0v) is 24.6. The zero-order valence-electron chi connectivity index (χ0n) is 24.6. The number of rotatable bonds is 22. The first-order valence-corrected chi connectivity index (χ1v) is 15.0. The Balaban J connectivity index is 2.32. The van der Waals surface area contributed by atoms with E-state index >= 15 is 0 Å². The fourth-order valence-electron chi connectivity index (χ4n) is 3.95. The quantitative estimate of drug-likeness (QED) is 0.142. The lowest BCUT2D eigenvalue weighted by Crippen LogP contribution is -2.02. The number of hydrogen-bond acceptors (Lipinski definition) is 7. The maximum atomic E-state index is 10.8. The van der Waals surface area contributed by atoms with E-state index in [0.717, 1.165) is 77.0 Å². The molecule has 0 aliphatic rings. The van der Waals surface area contributed by atoms with Gasteiger partial charge in [0.2, 0.25) is 11.5 Å². The maximum Gasteiger partial charge on any atom is 0.201 e. The maximum absolute atomic E-state index is 10.8. The van der Waals surface area contributed by atoms with E-state index in [0.29, 0.717) is 60.9 Å². The summed E-state index contributed by atoms with van der Waals surface area (Å²) in [7, 11) is 0. The molecule has 0 heterocycles. The average molecular weight is 547 g/mol. The molecule has 39 heavy (non-hydrogen) atoms. The minimum absolute atomic E-state index is 0.0269. The molecule has 0 atom stereocenters. The van der Waals surface area contributed by atoms with Gasteiger partial charge in [0.15, 0.2) is 23.0 Å².